The van der Waals surface area contributed by atoms with Crippen molar-refractivity contribution in [3.05, 3.63) is 47.3 Å². The van der Waals surface area contributed by atoms with Crippen LogP contribution in [-0.4, -0.2) is 57.8 Å². The van der Waals surface area contributed by atoms with Crippen molar-refractivity contribution in [3.63, 3.8) is 0 Å². The molecule has 0 radical (unpaired) electrons. The first-order chi connectivity index (χ1) is 14.2. The number of piperidine rings is 1. The highest BCUT2D eigenvalue weighted by Crippen LogP contribution is 2.20. The fourth-order valence-electron chi connectivity index (χ4n) is 3.94. The zero-order valence-corrected chi connectivity index (χ0v) is 16.5. The Labute approximate surface area is 169 Å². The maximum Gasteiger partial charge on any atom is 0.317 e. The summed E-state index contributed by atoms with van der Waals surface area (Å²) < 4.78 is 7.01. The molecule has 2 aromatic rings. The summed E-state index contributed by atoms with van der Waals surface area (Å²) in [7, 11) is 0. The molecule has 2 aromatic heterocycles. The molecule has 8 heteroatoms. The van der Waals surface area contributed by atoms with E-state index in [0.29, 0.717) is 18.2 Å². The number of likely N-dealkylation sites (tertiary alicyclic amines) is 1. The summed E-state index contributed by atoms with van der Waals surface area (Å²) in [6.45, 7) is 3.50. The molecule has 4 heterocycles. The van der Waals surface area contributed by atoms with Gasteiger partial charge in [-0.3, -0.25) is 14.3 Å². The normalized spacial score (nSPS) is 18.6. The second kappa shape index (κ2) is 9.17. The molecule has 2 aliphatic rings. The van der Waals surface area contributed by atoms with Crippen molar-refractivity contribution in [3.8, 4) is 11.3 Å². The Hall–Kier alpha value is -2.74. The molecular weight excluding hydrogens is 370 g/mol. The Bertz CT molecular complexity index is 871. The molecule has 1 N–H and O–H groups in total. The maximum atomic E-state index is 12.5. The predicted molar refractivity (Wildman–Crippen MR) is 108 cm³/mol. The molecule has 2 aliphatic heterocycles. The van der Waals surface area contributed by atoms with Crippen LogP contribution in [0.25, 0.3) is 11.3 Å². The molecule has 29 heavy (non-hydrogen) atoms. The van der Waals surface area contributed by atoms with E-state index in [2.05, 4.69) is 15.3 Å². The Morgan fingerprint density at radius 3 is 2.69 bits per heavy atom. The van der Waals surface area contributed by atoms with Gasteiger partial charge in [-0.15, -0.1) is 0 Å². The second-order valence-electron chi connectivity index (χ2n) is 7.77. The van der Waals surface area contributed by atoms with Gasteiger partial charge in [0.15, 0.2) is 0 Å². The number of aromatic nitrogens is 3. The van der Waals surface area contributed by atoms with Crippen LogP contribution in [0.4, 0.5) is 4.79 Å². The lowest BCUT2D eigenvalue weighted by molar-refractivity contribution is 0.0770. The summed E-state index contributed by atoms with van der Waals surface area (Å²) in [4.78, 5) is 35.3. The Kier molecular flexibility index (Phi) is 6.19. The monoisotopic (exact) mass is 397 g/mol. The van der Waals surface area contributed by atoms with Crippen molar-refractivity contribution in [1.29, 1.82) is 0 Å². The molecule has 2 saturated heterocycles. The number of hydrogen-bond acceptors (Lipinski definition) is 5. The molecule has 0 spiro atoms. The molecule has 4 rings (SSSR count). The van der Waals surface area contributed by atoms with E-state index >= 15 is 0 Å². The van der Waals surface area contributed by atoms with Gasteiger partial charge in [-0.25, -0.2) is 9.78 Å². The van der Waals surface area contributed by atoms with Crippen molar-refractivity contribution in [1.82, 2.24) is 24.8 Å². The minimum absolute atomic E-state index is 0.0232. The Morgan fingerprint density at radius 1 is 1.21 bits per heavy atom. The minimum Gasteiger partial charge on any atom is -0.381 e. The van der Waals surface area contributed by atoms with E-state index in [1.165, 1.54) is 0 Å². The van der Waals surface area contributed by atoms with Gasteiger partial charge in [0.25, 0.3) is 5.56 Å². The van der Waals surface area contributed by atoms with Crippen molar-refractivity contribution in [2.24, 2.45) is 5.92 Å². The smallest absolute Gasteiger partial charge is 0.317 e. The van der Waals surface area contributed by atoms with Crippen LogP contribution in [0.5, 0.6) is 0 Å². The van der Waals surface area contributed by atoms with E-state index in [1.807, 2.05) is 17.0 Å². The number of hydrogen-bond donors (Lipinski definition) is 1. The van der Waals surface area contributed by atoms with E-state index in [9.17, 15) is 9.59 Å². The van der Waals surface area contributed by atoms with Crippen LogP contribution in [0.1, 0.15) is 25.7 Å². The van der Waals surface area contributed by atoms with Crippen LogP contribution >= 0.6 is 0 Å². The summed E-state index contributed by atoms with van der Waals surface area (Å²) in [5.41, 5.74) is 1.41. The minimum atomic E-state index is -0.0569. The molecule has 0 saturated carbocycles. The summed E-state index contributed by atoms with van der Waals surface area (Å²) in [6, 6.07) is 5.52. The lowest BCUT2D eigenvalue weighted by atomic mass is 9.97. The Morgan fingerprint density at radius 2 is 2.00 bits per heavy atom. The number of rotatable bonds is 4. The first-order valence-electron chi connectivity index (χ1n) is 10.3. The predicted octanol–water partition coefficient (Wildman–Crippen LogP) is 1.91. The highest BCUT2D eigenvalue weighted by atomic mass is 16.5. The third-order valence-corrected chi connectivity index (χ3v) is 5.74. The number of amides is 2. The van der Waals surface area contributed by atoms with Gasteiger partial charge >= 0.3 is 6.03 Å². The maximum absolute atomic E-state index is 12.5. The van der Waals surface area contributed by atoms with E-state index in [0.717, 1.165) is 57.6 Å². The molecule has 0 aromatic carbocycles. The molecule has 8 nitrogen and oxygen atoms in total. The van der Waals surface area contributed by atoms with Gasteiger partial charge in [0.1, 0.15) is 0 Å². The van der Waals surface area contributed by atoms with Crippen LogP contribution in [0, 0.1) is 5.92 Å². The van der Waals surface area contributed by atoms with Gasteiger partial charge in [0.05, 0.1) is 12.0 Å². The topological polar surface area (TPSA) is 89.3 Å². The third kappa shape index (κ3) is 5.00. The quantitative estimate of drug-likeness (QED) is 0.851. The highest BCUT2D eigenvalue weighted by molar-refractivity contribution is 5.74. The van der Waals surface area contributed by atoms with E-state index in [4.69, 9.17) is 4.74 Å². The molecule has 2 amide bonds. The summed E-state index contributed by atoms with van der Waals surface area (Å²) in [5, 5.41) is 3.12. The number of carbonyl (C=O) groups excluding carboxylic acids is 1. The van der Waals surface area contributed by atoms with Crippen LogP contribution < -0.4 is 10.9 Å². The molecule has 0 unspecified atom stereocenters. The SMILES string of the molecule is O=C(NC1CCOCC1)N1CCC(Cn2cnc(-c3cccnc3)cc2=O)CC1. The van der Waals surface area contributed by atoms with E-state index in [-0.39, 0.29) is 17.6 Å². The number of ether oxygens (including phenoxy) is 1. The standard InChI is InChI=1S/C21H27N5O3/c27-20-12-19(17-2-1-7-22-13-17)23-15-26(20)14-16-3-8-25(9-4-16)21(28)24-18-5-10-29-11-6-18/h1-2,7,12-13,15-16,18H,3-6,8-11,14H2,(H,24,28). The van der Waals surface area contributed by atoms with Crippen molar-refractivity contribution < 1.29 is 9.53 Å². The number of nitrogens with one attached hydrogen (secondary N) is 1. The van der Waals surface area contributed by atoms with Crippen molar-refractivity contribution in [2.45, 2.75) is 38.3 Å². The zero-order chi connectivity index (χ0) is 20.1. The molecule has 0 aliphatic carbocycles. The van der Waals surface area contributed by atoms with Gasteiger partial charge in [-0.2, -0.15) is 0 Å². The fourth-order valence-corrected chi connectivity index (χ4v) is 3.94. The second-order valence-corrected chi connectivity index (χ2v) is 7.77. The highest BCUT2D eigenvalue weighted by Gasteiger charge is 2.25. The van der Waals surface area contributed by atoms with E-state index in [1.54, 1.807) is 29.4 Å². The van der Waals surface area contributed by atoms with Gasteiger partial charge in [-0.1, -0.05) is 0 Å². The molecule has 0 bridgehead atoms. The van der Waals surface area contributed by atoms with Gasteiger partial charge in [0, 0.05) is 62.9 Å². The third-order valence-electron chi connectivity index (χ3n) is 5.74. The molecule has 2 fully saturated rings. The lowest BCUT2D eigenvalue weighted by Gasteiger charge is -2.34. The average Bonchev–Trinajstić information content (AvgIpc) is 2.77. The summed E-state index contributed by atoms with van der Waals surface area (Å²) in [5.74, 6) is 0.367. The average molecular weight is 397 g/mol. The molecule has 0 atom stereocenters. The van der Waals surface area contributed by atoms with Gasteiger partial charge in [-0.05, 0) is 43.7 Å². The van der Waals surface area contributed by atoms with E-state index < -0.39 is 0 Å². The fraction of sp³-hybridized carbons (Fsp3) is 0.524. The lowest BCUT2D eigenvalue weighted by Crippen LogP contribution is -2.49. The van der Waals surface area contributed by atoms with Crippen molar-refractivity contribution in [2.75, 3.05) is 26.3 Å². The van der Waals surface area contributed by atoms with Gasteiger partial charge < -0.3 is 15.0 Å². The Balaban J connectivity index is 1.29. The largest absolute Gasteiger partial charge is 0.381 e. The van der Waals surface area contributed by atoms with Crippen LogP contribution in [0.15, 0.2) is 41.7 Å². The first-order valence-corrected chi connectivity index (χ1v) is 10.3. The zero-order valence-electron chi connectivity index (χ0n) is 16.5. The number of pyridine rings is 1. The number of carbonyl (C=O) groups is 1. The molecule has 154 valence electrons. The van der Waals surface area contributed by atoms with Crippen molar-refractivity contribution >= 4 is 6.03 Å². The number of nitrogens with zero attached hydrogens (tertiary/aromatic N) is 4. The van der Waals surface area contributed by atoms with Crippen LogP contribution in [-0.2, 0) is 11.3 Å². The van der Waals surface area contributed by atoms with Crippen LogP contribution in [0.2, 0.25) is 0 Å². The van der Waals surface area contributed by atoms with Gasteiger partial charge in [0.2, 0.25) is 0 Å². The number of urea groups is 1. The molecular formula is C21H27N5O3. The first kappa shape index (κ1) is 19.6. The summed E-state index contributed by atoms with van der Waals surface area (Å²) >= 11 is 0. The van der Waals surface area contributed by atoms with Crippen LogP contribution in [0.3, 0.4) is 0 Å². The summed E-state index contributed by atoms with van der Waals surface area (Å²) in [6.07, 6.45) is 8.55.